The molecule has 1 rings (SSSR count). The molecule has 72 valence electrons. The molecule has 1 N–H and O–H groups in total. The van der Waals surface area contributed by atoms with Crippen LogP contribution in [0.15, 0.2) is 21.9 Å². The van der Waals surface area contributed by atoms with Crippen molar-refractivity contribution in [3.63, 3.8) is 0 Å². The zero-order valence-corrected chi connectivity index (χ0v) is 7.91. The predicted molar refractivity (Wildman–Crippen MR) is 50.8 cm³/mol. The first-order valence-corrected chi connectivity index (χ1v) is 4.43. The Morgan fingerprint density at radius 1 is 1.54 bits per heavy atom. The van der Waals surface area contributed by atoms with Gasteiger partial charge in [-0.2, -0.15) is 0 Å². The first kappa shape index (κ1) is 9.77. The summed E-state index contributed by atoms with van der Waals surface area (Å²) in [6.07, 6.45) is 2.55. The molecule has 13 heavy (non-hydrogen) atoms. The van der Waals surface area contributed by atoms with Gasteiger partial charge in [0.1, 0.15) is 0 Å². The predicted octanol–water partition coefficient (Wildman–Crippen LogP) is 0.583. The Morgan fingerprint density at radius 3 is 2.77 bits per heavy atom. The third kappa shape index (κ3) is 2.57. The van der Waals surface area contributed by atoms with Gasteiger partial charge in [0.05, 0.1) is 0 Å². The average Bonchev–Trinajstić information content (AvgIpc) is 2.09. The molecular formula is C9H14N2O2. The van der Waals surface area contributed by atoms with E-state index >= 15 is 0 Å². The largest absolute Gasteiger partial charge is 0.328 e. The van der Waals surface area contributed by atoms with Crippen LogP contribution in [0, 0.1) is 5.92 Å². The van der Waals surface area contributed by atoms with E-state index in [4.69, 9.17) is 0 Å². The third-order valence-corrected chi connectivity index (χ3v) is 2.10. The summed E-state index contributed by atoms with van der Waals surface area (Å²) >= 11 is 0. The Morgan fingerprint density at radius 2 is 2.23 bits per heavy atom. The molecule has 0 saturated carbocycles. The Bertz CT molecular complexity index is 378. The van der Waals surface area contributed by atoms with Gasteiger partial charge in [-0.1, -0.05) is 20.3 Å². The molecule has 1 unspecified atom stereocenters. The van der Waals surface area contributed by atoms with Gasteiger partial charge in [0.2, 0.25) is 0 Å². The van der Waals surface area contributed by atoms with Crippen LogP contribution in [0.25, 0.3) is 0 Å². The van der Waals surface area contributed by atoms with Crippen LogP contribution in [0.1, 0.15) is 20.3 Å². The summed E-state index contributed by atoms with van der Waals surface area (Å²) in [6, 6.07) is 1.36. The second-order valence-corrected chi connectivity index (χ2v) is 3.28. The lowest BCUT2D eigenvalue weighted by Gasteiger charge is -2.09. The molecule has 0 fully saturated rings. The summed E-state index contributed by atoms with van der Waals surface area (Å²) in [4.78, 5) is 24.1. The molecule has 0 radical (unpaired) electrons. The lowest BCUT2D eigenvalue weighted by Crippen LogP contribution is -2.30. The fourth-order valence-corrected chi connectivity index (χ4v) is 1.05. The van der Waals surface area contributed by atoms with Gasteiger partial charge in [0.25, 0.3) is 5.56 Å². The van der Waals surface area contributed by atoms with Crippen molar-refractivity contribution in [1.82, 2.24) is 9.55 Å². The zero-order chi connectivity index (χ0) is 9.84. The lowest BCUT2D eigenvalue weighted by molar-refractivity contribution is 0.453. The van der Waals surface area contributed by atoms with E-state index in [1.807, 2.05) is 0 Å². The summed E-state index contributed by atoms with van der Waals surface area (Å²) in [5, 5.41) is 0. The van der Waals surface area contributed by atoms with Crippen LogP contribution in [0.5, 0.6) is 0 Å². The minimum atomic E-state index is -0.342. The van der Waals surface area contributed by atoms with E-state index in [1.54, 1.807) is 0 Å². The number of nitrogens with one attached hydrogen (secondary N) is 1. The second-order valence-electron chi connectivity index (χ2n) is 3.28. The standard InChI is InChI=1S/C9H14N2O2/c1-3-7(2)6-11-5-4-8(12)10-9(11)13/h4-5,7H,3,6H2,1-2H3,(H,10,12,13). The van der Waals surface area contributed by atoms with Crippen molar-refractivity contribution in [3.05, 3.63) is 33.1 Å². The molecule has 4 nitrogen and oxygen atoms in total. The van der Waals surface area contributed by atoms with Gasteiger partial charge in [0.15, 0.2) is 0 Å². The molecule has 0 amide bonds. The quantitative estimate of drug-likeness (QED) is 0.743. The highest BCUT2D eigenvalue weighted by molar-refractivity contribution is 4.82. The number of hydrogen-bond donors (Lipinski definition) is 1. The smallest absolute Gasteiger partial charge is 0.300 e. The van der Waals surface area contributed by atoms with E-state index in [-0.39, 0.29) is 11.2 Å². The Labute approximate surface area is 76.2 Å². The topological polar surface area (TPSA) is 54.9 Å². The van der Waals surface area contributed by atoms with Crippen LogP contribution in [0.2, 0.25) is 0 Å². The SMILES string of the molecule is CCC(C)Cn1ccc(=O)[nH]c1=O. The van der Waals surface area contributed by atoms with E-state index in [0.717, 1.165) is 6.42 Å². The summed E-state index contributed by atoms with van der Waals surface area (Å²) in [6.45, 7) is 4.80. The van der Waals surface area contributed by atoms with Crippen LogP contribution in [0.4, 0.5) is 0 Å². The molecule has 0 spiro atoms. The van der Waals surface area contributed by atoms with Crippen LogP contribution < -0.4 is 11.2 Å². The lowest BCUT2D eigenvalue weighted by atomic mass is 10.1. The van der Waals surface area contributed by atoms with Gasteiger partial charge in [-0.3, -0.25) is 9.78 Å². The number of nitrogens with zero attached hydrogens (tertiary/aromatic N) is 1. The number of aromatic amines is 1. The van der Waals surface area contributed by atoms with E-state index in [0.29, 0.717) is 12.5 Å². The fourth-order valence-electron chi connectivity index (χ4n) is 1.05. The first-order chi connectivity index (χ1) is 6.13. The van der Waals surface area contributed by atoms with Crippen LogP contribution in [0.3, 0.4) is 0 Å². The summed E-state index contributed by atoms with van der Waals surface area (Å²) in [7, 11) is 0. The zero-order valence-electron chi connectivity index (χ0n) is 7.91. The highest BCUT2D eigenvalue weighted by Gasteiger charge is 2.01. The molecule has 0 saturated heterocycles. The normalized spacial score (nSPS) is 12.8. The third-order valence-electron chi connectivity index (χ3n) is 2.10. The van der Waals surface area contributed by atoms with Gasteiger partial charge in [-0.05, 0) is 5.92 Å². The van der Waals surface area contributed by atoms with Gasteiger partial charge in [-0.25, -0.2) is 4.79 Å². The molecule has 1 aromatic heterocycles. The number of H-pyrrole nitrogens is 1. The monoisotopic (exact) mass is 182 g/mol. The summed E-state index contributed by atoms with van der Waals surface area (Å²) in [5.74, 6) is 0.448. The highest BCUT2D eigenvalue weighted by atomic mass is 16.2. The van der Waals surface area contributed by atoms with E-state index < -0.39 is 0 Å². The van der Waals surface area contributed by atoms with E-state index in [9.17, 15) is 9.59 Å². The van der Waals surface area contributed by atoms with Crippen molar-refractivity contribution in [2.24, 2.45) is 5.92 Å². The van der Waals surface area contributed by atoms with Gasteiger partial charge < -0.3 is 4.57 Å². The highest BCUT2D eigenvalue weighted by Crippen LogP contribution is 2.01. The van der Waals surface area contributed by atoms with Crippen molar-refractivity contribution >= 4 is 0 Å². The molecule has 0 aliphatic rings. The van der Waals surface area contributed by atoms with E-state index in [2.05, 4.69) is 18.8 Å². The van der Waals surface area contributed by atoms with Crippen molar-refractivity contribution < 1.29 is 0 Å². The number of hydrogen-bond acceptors (Lipinski definition) is 2. The van der Waals surface area contributed by atoms with Crippen molar-refractivity contribution in [1.29, 1.82) is 0 Å². The maximum Gasteiger partial charge on any atom is 0.328 e. The van der Waals surface area contributed by atoms with Crippen LogP contribution >= 0.6 is 0 Å². The molecule has 1 heterocycles. The Kier molecular flexibility index (Phi) is 3.06. The van der Waals surface area contributed by atoms with Crippen molar-refractivity contribution in [2.75, 3.05) is 0 Å². The molecule has 0 aromatic carbocycles. The Hall–Kier alpha value is -1.32. The molecule has 4 heteroatoms. The molecular weight excluding hydrogens is 168 g/mol. The second kappa shape index (κ2) is 4.07. The molecule has 1 atom stereocenters. The van der Waals surface area contributed by atoms with Crippen molar-refractivity contribution in [3.8, 4) is 0 Å². The minimum absolute atomic E-state index is 0.326. The van der Waals surface area contributed by atoms with Crippen molar-refractivity contribution in [2.45, 2.75) is 26.8 Å². The first-order valence-electron chi connectivity index (χ1n) is 4.43. The molecule has 0 aliphatic carbocycles. The summed E-state index contributed by atoms with van der Waals surface area (Å²) < 4.78 is 1.52. The number of aromatic nitrogens is 2. The van der Waals surface area contributed by atoms with E-state index in [1.165, 1.54) is 16.8 Å². The van der Waals surface area contributed by atoms with Crippen LogP contribution in [-0.2, 0) is 6.54 Å². The minimum Gasteiger partial charge on any atom is -0.300 e. The molecule has 0 aliphatic heterocycles. The number of rotatable bonds is 3. The maximum absolute atomic E-state index is 11.2. The molecule has 1 aromatic rings. The van der Waals surface area contributed by atoms with Crippen LogP contribution in [-0.4, -0.2) is 9.55 Å². The average molecular weight is 182 g/mol. The maximum atomic E-state index is 11.2. The fraction of sp³-hybridized carbons (Fsp3) is 0.556. The molecule has 0 bridgehead atoms. The Balaban J connectivity index is 2.90. The summed E-state index contributed by atoms with van der Waals surface area (Å²) in [5.41, 5.74) is -0.668. The van der Waals surface area contributed by atoms with Gasteiger partial charge in [0, 0.05) is 18.8 Å². The van der Waals surface area contributed by atoms with Gasteiger partial charge in [-0.15, -0.1) is 0 Å². The van der Waals surface area contributed by atoms with Gasteiger partial charge >= 0.3 is 5.69 Å².